The Kier molecular flexibility index (Phi) is 11.0. The first kappa shape index (κ1) is 22.7. The Morgan fingerprint density at radius 2 is 2.00 bits per heavy atom. The highest BCUT2D eigenvalue weighted by Gasteiger charge is 2.09. The Hall–Kier alpha value is -1.59. The number of rotatable bonds is 10. The molecule has 156 valence electrons. The number of ether oxygens (including phenoxy) is 1. The molecule has 0 bridgehead atoms. The zero-order valence-corrected chi connectivity index (χ0v) is 18.6. The first-order chi connectivity index (χ1) is 13.4. The molecule has 2 aromatic heterocycles. The lowest BCUT2D eigenvalue weighted by Gasteiger charge is -2.26. The minimum Gasteiger partial charge on any atom is -0.469 e. The number of furan rings is 1. The molecule has 0 aromatic carbocycles. The van der Waals surface area contributed by atoms with E-state index in [9.17, 15) is 0 Å². The lowest BCUT2D eigenvalue weighted by Crippen LogP contribution is -2.44. The van der Waals surface area contributed by atoms with Crippen molar-refractivity contribution in [2.45, 2.75) is 19.4 Å². The molecule has 28 heavy (non-hydrogen) atoms. The number of morpholine rings is 1. The Labute approximate surface area is 183 Å². The van der Waals surface area contributed by atoms with E-state index in [1.54, 1.807) is 12.5 Å². The summed E-state index contributed by atoms with van der Waals surface area (Å²) >= 11 is 0. The zero-order chi connectivity index (χ0) is 18.6. The Morgan fingerprint density at radius 3 is 2.75 bits per heavy atom. The number of nitrogens with zero attached hydrogens (tertiary/aromatic N) is 4. The maximum Gasteiger partial charge on any atom is 0.191 e. The SMILES string of the molecule is I.c1coc(CCNC(=NCCCn2cccn2)NCCN2CCOCC2)c1. The zero-order valence-electron chi connectivity index (χ0n) is 16.3. The topological polar surface area (TPSA) is 79.8 Å². The standard InChI is InChI=1S/C19H30N6O2.HI/c1-4-18(27-15-1)5-8-21-19(20-6-2-10-25-11-3-7-23-25)22-9-12-24-13-16-26-17-14-24;/h1,3-4,7,11,15H,2,5-6,8-10,12-14,16-17H2,(H2,20,21,22);1H. The van der Waals surface area contributed by atoms with Crippen LogP contribution in [0.2, 0.25) is 0 Å². The van der Waals surface area contributed by atoms with Gasteiger partial charge in [0.2, 0.25) is 0 Å². The molecule has 1 fully saturated rings. The second-order valence-electron chi connectivity index (χ2n) is 6.49. The second-order valence-corrected chi connectivity index (χ2v) is 6.49. The molecule has 0 spiro atoms. The predicted octanol–water partition coefficient (Wildman–Crippen LogP) is 1.59. The van der Waals surface area contributed by atoms with E-state index in [-0.39, 0.29) is 24.0 Å². The molecule has 0 unspecified atom stereocenters. The summed E-state index contributed by atoms with van der Waals surface area (Å²) in [5, 5.41) is 11.1. The van der Waals surface area contributed by atoms with Crippen molar-refractivity contribution < 1.29 is 9.15 Å². The third-order valence-corrected chi connectivity index (χ3v) is 4.44. The summed E-state index contributed by atoms with van der Waals surface area (Å²) in [7, 11) is 0. The van der Waals surface area contributed by atoms with E-state index >= 15 is 0 Å². The molecule has 3 heterocycles. The number of hydrogen-bond donors (Lipinski definition) is 2. The van der Waals surface area contributed by atoms with E-state index in [1.807, 2.05) is 29.1 Å². The van der Waals surface area contributed by atoms with Gasteiger partial charge in [0.15, 0.2) is 5.96 Å². The number of nitrogens with one attached hydrogen (secondary N) is 2. The number of aromatic nitrogens is 2. The van der Waals surface area contributed by atoms with Gasteiger partial charge >= 0.3 is 0 Å². The van der Waals surface area contributed by atoms with Gasteiger partial charge in [0.25, 0.3) is 0 Å². The second kappa shape index (κ2) is 13.6. The maximum absolute atomic E-state index is 5.40. The predicted molar refractivity (Wildman–Crippen MR) is 120 cm³/mol. The molecule has 3 rings (SSSR count). The van der Waals surface area contributed by atoms with Crippen LogP contribution in [0.1, 0.15) is 12.2 Å². The van der Waals surface area contributed by atoms with Crippen LogP contribution in [0.5, 0.6) is 0 Å². The summed E-state index contributed by atoms with van der Waals surface area (Å²) in [5.74, 6) is 1.84. The van der Waals surface area contributed by atoms with Crippen molar-refractivity contribution in [3.8, 4) is 0 Å². The van der Waals surface area contributed by atoms with Crippen molar-refractivity contribution in [3.63, 3.8) is 0 Å². The monoisotopic (exact) mass is 502 g/mol. The molecule has 1 saturated heterocycles. The van der Waals surface area contributed by atoms with Crippen LogP contribution in [0.3, 0.4) is 0 Å². The van der Waals surface area contributed by atoms with Crippen LogP contribution in [0.25, 0.3) is 0 Å². The smallest absolute Gasteiger partial charge is 0.191 e. The van der Waals surface area contributed by atoms with Crippen LogP contribution < -0.4 is 10.6 Å². The normalized spacial score (nSPS) is 15.2. The summed E-state index contributed by atoms with van der Waals surface area (Å²) in [6.45, 7) is 7.95. The van der Waals surface area contributed by atoms with Crippen LogP contribution in [0.4, 0.5) is 0 Å². The summed E-state index contributed by atoms with van der Waals surface area (Å²) in [6.07, 6.45) is 7.28. The van der Waals surface area contributed by atoms with Crippen LogP contribution in [0, 0.1) is 0 Å². The minimum absolute atomic E-state index is 0. The first-order valence-electron chi connectivity index (χ1n) is 9.72. The molecule has 8 nitrogen and oxygen atoms in total. The molecule has 0 amide bonds. The highest BCUT2D eigenvalue weighted by atomic mass is 127. The van der Waals surface area contributed by atoms with Crippen molar-refractivity contribution in [2.75, 3.05) is 52.5 Å². The Bertz CT molecular complexity index is 641. The molecular weight excluding hydrogens is 471 g/mol. The molecule has 0 atom stereocenters. The molecule has 1 aliphatic rings. The van der Waals surface area contributed by atoms with Crippen LogP contribution in [-0.4, -0.2) is 73.1 Å². The molecular formula is C19H31IN6O2. The van der Waals surface area contributed by atoms with Gasteiger partial charge in [-0.1, -0.05) is 0 Å². The van der Waals surface area contributed by atoms with E-state index < -0.39 is 0 Å². The average molecular weight is 502 g/mol. The molecule has 2 N–H and O–H groups in total. The van der Waals surface area contributed by atoms with Gasteiger partial charge in [-0.25, -0.2) is 0 Å². The minimum atomic E-state index is 0. The molecule has 1 aliphatic heterocycles. The van der Waals surface area contributed by atoms with Gasteiger partial charge in [0.1, 0.15) is 5.76 Å². The molecule has 9 heteroatoms. The fraction of sp³-hybridized carbons (Fsp3) is 0.579. The van der Waals surface area contributed by atoms with Crippen molar-refractivity contribution in [1.29, 1.82) is 0 Å². The number of halogens is 1. The molecule has 0 aliphatic carbocycles. The van der Waals surface area contributed by atoms with Crippen molar-refractivity contribution in [1.82, 2.24) is 25.3 Å². The summed E-state index contributed by atoms with van der Waals surface area (Å²) < 4.78 is 12.7. The highest BCUT2D eigenvalue weighted by molar-refractivity contribution is 14.0. The van der Waals surface area contributed by atoms with Gasteiger partial charge in [-0.05, 0) is 24.6 Å². The fourth-order valence-electron chi connectivity index (χ4n) is 2.95. The van der Waals surface area contributed by atoms with Crippen molar-refractivity contribution >= 4 is 29.9 Å². The maximum atomic E-state index is 5.40. The van der Waals surface area contributed by atoms with E-state index in [1.165, 1.54) is 0 Å². The van der Waals surface area contributed by atoms with Gasteiger partial charge in [-0.15, -0.1) is 24.0 Å². The lowest BCUT2D eigenvalue weighted by molar-refractivity contribution is 0.0389. The molecule has 0 saturated carbocycles. The van der Waals surface area contributed by atoms with Gasteiger partial charge < -0.3 is 19.8 Å². The van der Waals surface area contributed by atoms with E-state index in [0.29, 0.717) is 0 Å². The Morgan fingerprint density at radius 1 is 1.14 bits per heavy atom. The number of aryl methyl sites for hydroxylation is 1. The number of aliphatic imine (C=N–C) groups is 1. The highest BCUT2D eigenvalue weighted by Crippen LogP contribution is 1.99. The number of hydrogen-bond acceptors (Lipinski definition) is 5. The van der Waals surface area contributed by atoms with Gasteiger partial charge in [0, 0.05) is 64.6 Å². The summed E-state index contributed by atoms with van der Waals surface area (Å²) in [4.78, 5) is 7.12. The fourth-order valence-corrected chi connectivity index (χ4v) is 2.95. The first-order valence-corrected chi connectivity index (χ1v) is 9.72. The molecule has 2 aromatic rings. The third-order valence-electron chi connectivity index (χ3n) is 4.44. The molecule has 0 radical (unpaired) electrons. The van der Waals surface area contributed by atoms with Gasteiger partial charge in [-0.2, -0.15) is 5.10 Å². The van der Waals surface area contributed by atoms with Crippen LogP contribution in [-0.2, 0) is 17.7 Å². The summed E-state index contributed by atoms with van der Waals surface area (Å²) in [6, 6.07) is 5.85. The van der Waals surface area contributed by atoms with E-state index in [4.69, 9.17) is 14.1 Å². The lowest BCUT2D eigenvalue weighted by atomic mass is 10.3. The van der Waals surface area contributed by atoms with Crippen LogP contribution >= 0.6 is 24.0 Å². The number of guanidine groups is 1. The summed E-state index contributed by atoms with van der Waals surface area (Å²) in [5.41, 5.74) is 0. The largest absolute Gasteiger partial charge is 0.469 e. The van der Waals surface area contributed by atoms with Crippen molar-refractivity contribution in [2.24, 2.45) is 4.99 Å². The van der Waals surface area contributed by atoms with Gasteiger partial charge in [-0.3, -0.25) is 14.6 Å². The Balaban J connectivity index is 0.00000280. The van der Waals surface area contributed by atoms with Crippen LogP contribution in [0.15, 0.2) is 46.3 Å². The third kappa shape index (κ3) is 8.61. The average Bonchev–Trinajstić information content (AvgIpc) is 3.40. The van der Waals surface area contributed by atoms with Gasteiger partial charge in [0.05, 0.1) is 19.5 Å². The van der Waals surface area contributed by atoms with E-state index in [2.05, 4.69) is 20.6 Å². The van der Waals surface area contributed by atoms with Crippen molar-refractivity contribution in [3.05, 3.63) is 42.6 Å². The van der Waals surface area contributed by atoms with E-state index in [0.717, 1.165) is 83.6 Å². The quantitative estimate of drug-likeness (QED) is 0.223.